The maximum Gasteiger partial charge on any atom is 0.271 e. The second-order valence-corrected chi connectivity index (χ2v) is 20.0. The Balaban J connectivity index is 1.43. The number of rotatable bonds is 14. The number of amides is 2. The molecule has 1 aliphatic heterocycles. The molecule has 1 heterocycles. The van der Waals surface area contributed by atoms with Crippen LogP contribution >= 0.6 is 0 Å². The van der Waals surface area contributed by atoms with Crippen molar-refractivity contribution in [1.82, 2.24) is 0 Å². The highest BCUT2D eigenvalue weighted by molar-refractivity contribution is 6.99. The number of carbonyl (C=O) groups is 2. The maximum atomic E-state index is 14.3. The molecule has 2 aliphatic rings. The number of aliphatic hydroxyl groups is 2. The molecule has 56 heavy (non-hydrogen) atoms. The molecule has 1 saturated heterocycles. The average Bonchev–Trinajstić information content (AvgIpc) is 3.45. The van der Waals surface area contributed by atoms with Crippen LogP contribution in [0.2, 0.25) is 5.04 Å². The number of non-ortho nitro benzene ring substituents is 1. The van der Waals surface area contributed by atoms with E-state index in [1.54, 1.807) is 12.1 Å². The number of carbonyl (C=O) groups excluding carboxylic acids is 2. The fourth-order valence-corrected chi connectivity index (χ4v) is 13.3. The highest BCUT2D eigenvalue weighted by Gasteiger charge is 2.56. The number of phenolic OH excluding ortho intramolecular Hbond substituents is 1. The number of imide groups is 1. The SMILES string of the molecule is CC/C(=C\c1ccccc1O)CC[C@@H](O)C1=C(CO[Si](c2ccccc2)(c2ccccc2)C(C)(C)C)C[C@H]2C(=O)N(c3cccc([N+](=O)[O-])c3)C(=O)[C@H]2[C@H]1CO. The summed E-state index contributed by atoms with van der Waals surface area (Å²) in [5, 5.41) is 47.1. The van der Waals surface area contributed by atoms with Crippen LogP contribution in [0.1, 0.15) is 58.9 Å². The highest BCUT2D eigenvalue weighted by atomic mass is 28.4. The Bertz CT molecular complexity index is 2090. The molecule has 0 bridgehead atoms. The van der Waals surface area contributed by atoms with E-state index in [9.17, 15) is 35.0 Å². The summed E-state index contributed by atoms with van der Waals surface area (Å²) in [5.74, 6) is -3.69. The molecular formula is C45H50N2O8Si. The molecule has 10 nitrogen and oxygen atoms in total. The molecule has 6 rings (SSSR count). The standard InChI is InChI=1S/C45H50N2O8Si/c1-5-30(25-31-15-12-13-22-39(31)49)23-24-40(50)41-32(29-55-56(45(2,3)4,35-18-8-6-9-19-35)36-20-10-7-11-21-36)26-37-42(38(41)28-48)44(52)46(43(37)51)33-16-14-17-34(27-33)47(53)54/h6-22,25,27,37-38,40,42,48-50H,5,23-24,26,28-29H2,1-4H3/b30-25+/t37-,38+,40-,42-/m1/s1. The van der Waals surface area contributed by atoms with Crippen molar-refractivity contribution in [2.45, 2.75) is 64.5 Å². The lowest BCUT2D eigenvalue weighted by Gasteiger charge is -2.44. The molecule has 0 radical (unpaired) electrons. The Labute approximate surface area is 329 Å². The van der Waals surface area contributed by atoms with Crippen LogP contribution in [-0.4, -0.2) is 59.7 Å². The minimum atomic E-state index is -3.11. The van der Waals surface area contributed by atoms with Gasteiger partial charge in [0.05, 0.1) is 41.8 Å². The first-order chi connectivity index (χ1) is 26.8. The number of anilines is 1. The molecule has 292 valence electrons. The number of benzene rings is 4. The topological polar surface area (TPSA) is 150 Å². The number of nitro benzene ring substituents is 1. The predicted octanol–water partition coefficient (Wildman–Crippen LogP) is 6.93. The number of phenols is 1. The maximum absolute atomic E-state index is 14.3. The van der Waals surface area contributed by atoms with E-state index in [-0.39, 0.29) is 41.6 Å². The van der Waals surface area contributed by atoms with Crippen molar-refractivity contribution in [2.24, 2.45) is 17.8 Å². The van der Waals surface area contributed by atoms with Gasteiger partial charge in [-0.3, -0.25) is 19.7 Å². The number of aliphatic hydroxyl groups excluding tert-OH is 2. The summed E-state index contributed by atoms with van der Waals surface area (Å²) < 4.78 is 7.35. The number of hydrogen-bond acceptors (Lipinski definition) is 8. The molecule has 11 heteroatoms. The van der Waals surface area contributed by atoms with E-state index in [2.05, 4.69) is 45.0 Å². The summed E-state index contributed by atoms with van der Waals surface area (Å²) in [6, 6.07) is 32.7. The predicted molar refractivity (Wildman–Crippen MR) is 220 cm³/mol. The van der Waals surface area contributed by atoms with Crippen molar-refractivity contribution in [2.75, 3.05) is 18.1 Å². The lowest BCUT2D eigenvalue weighted by molar-refractivity contribution is -0.384. The zero-order valence-electron chi connectivity index (χ0n) is 32.3. The Morgan fingerprint density at radius 1 is 0.946 bits per heavy atom. The van der Waals surface area contributed by atoms with Gasteiger partial charge in [-0.25, -0.2) is 4.90 Å². The molecule has 4 aromatic carbocycles. The van der Waals surface area contributed by atoms with E-state index in [0.29, 0.717) is 29.6 Å². The number of para-hydroxylation sites is 1. The normalized spacial score (nSPS) is 19.6. The van der Waals surface area contributed by atoms with Gasteiger partial charge in [0.2, 0.25) is 11.8 Å². The van der Waals surface area contributed by atoms with E-state index < -0.39 is 55.5 Å². The van der Waals surface area contributed by atoms with Crippen molar-refractivity contribution < 1.29 is 34.3 Å². The van der Waals surface area contributed by atoms with Gasteiger partial charge in [-0.1, -0.05) is 124 Å². The molecule has 4 atom stereocenters. The molecular weight excluding hydrogens is 725 g/mol. The molecule has 0 aromatic heterocycles. The first kappa shape index (κ1) is 40.5. The number of allylic oxidation sites excluding steroid dienone is 1. The van der Waals surface area contributed by atoms with Crippen LogP contribution in [0, 0.1) is 27.9 Å². The van der Waals surface area contributed by atoms with Crippen LogP contribution in [0.3, 0.4) is 0 Å². The van der Waals surface area contributed by atoms with Gasteiger partial charge in [-0.15, -0.1) is 0 Å². The number of nitro groups is 1. The zero-order valence-corrected chi connectivity index (χ0v) is 33.3. The zero-order chi connectivity index (χ0) is 40.2. The average molecular weight is 775 g/mol. The fourth-order valence-electron chi connectivity index (χ4n) is 8.71. The number of nitrogens with zero attached hydrogens (tertiary/aromatic N) is 2. The summed E-state index contributed by atoms with van der Waals surface area (Å²) in [5.41, 5.74) is 2.66. The smallest absolute Gasteiger partial charge is 0.271 e. The monoisotopic (exact) mass is 774 g/mol. The first-order valence-electron chi connectivity index (χ1n) is 19.2. The minimum Gasteiger partial charge on any atom is -0.507 e. The third kappa shape index (κ3) is 7.77. The van der Waals surface area contributed by atoms with Gasteiger partial charge in [-0.05, 0) is 64.4 Å². The van der Waals surface area contributed by atoms with Gasteiger partial charge in [0.25, 0.3) is 14.0 Å². The molecule has 1 aliphatic carbocycles. The van der Waals surface area contributed by atoms with E-state index in [4.69, 9.17) is 4.43 Å². The van der Waals surface area contributed by atoms with E-state index in [0.717, 1.165) is 20.8 Å². The number of fused-ring (bicyclic) bond motifs is 1. The second kappa shape index (κ2) is 16.9. The molecule has 0 spiro atoms. The van der Waals surface area contributed by atoms with Gasteiger partial charge >= 0.3 is 0 Å². The molecule has 0 unspecified atom stereocenters. The lowest BCUT2D eigenvalue weighted by atomic mass is 9.68. The van der Waals surface area contributed by atoms with Crippen LogP contribution in [0.5, 0.6) is 5.75 Å². The lowest BCUT2D eigenvalue weighted by Crippen LogP contribution is -2.66. The van der Waals surface area contributed by atoms with Crippen LogP contribution < -0.4 is 15.3 Å². The Morgan fingerprint density at radius 2 is 1.57 bits per heavy atom. The van der Waals surface area contributed by atoms with Gasteiger partial charge in [-0.2, -0.15) is 0 Å². The van der Waals surface area contributed by atoms with Crippen molar-refractivity contribution in [3.8, 4) is 5.75 Å². The Morgan fingerprint density at radius 3 is 2.14 bits per heavy atom. The largest absolute Gasteiger partial charge is 0.507 e. The first-order valence-corrected chi connectivity index (χ1v) is 21.1. The van der Waals surface area contributed by atoms with E-state index >= 15 is 0 Å². The van der Waals surface area contributed by atoms with Crippen LogP contribution in [0.4, 0.5) is 11.4 Å². The summed E-state index contributed by atoms with van der Waals surface area (Å²) in [6.07, 6.45) is 2.33. The third-order valence-corrected chi connectivity index (χ3v) is 16.4. The summed E-state index contributed by atoms with van der Waals surface area (Å²) in [4.78, 5) is 40.7. The summed E-state index contributed by atoms with van der Waals surface area (Å²) in [6.45, 7) is 8.04. The molecule has 3 N–H and O–H groups in total. The summed E-state index contributed by atoms with van der Waals surface area (Å²) >= 11 is 0. The minimum absolute atomic E-state index is 0.0477. The van der Waals surface area contributed by atoms with Crippen molar-refractivity contribution in [3.63, 3.8) is 0 Å². The number of aromatic hydroxyl groups is 1. The van der Waals surface area contributed by atoms with Gasteiger partial charge in [0.15, 0.2) is 0 Å². The Hall–Kier alpha value is -5.20. The van der Waals surface area contributed by atoms with E-state index in [1.165, 1.54) is 24.3 Å². The molecule has 4 aromatic rings. The van der Waals surface area contributed by atoms with Gasteiger partial charge < -0.3 is 19.7 Å². The van der Waals surface area contributed by atoms with Crippen molar-refractivity contribution >= 4 is 48.0 Å². The van der Waals surface area contributed by atoms with Crippen LogP contribution in [0.15, 0.2) is 126 Å². The molecule has 1 fully saturated rings. The summed E-state index contributed by atoms with van der Waals surface area (Å²) in [7, 11) is -3.11. The highest BCUT2D eigenvalue weighted by Crippen LogP contribution is 2.48. The van der Waals surface area contributed by atoms with E-state index in [1.807, 2.05) is 61.5 Å². The molecule has 0 saturated carbocycles. The van der Waals surface area contributed by atoms with Crippen LogP contribution in [0.25, 0.3) is 6.08 Å². The second-order valence-electron chi connectivity index (χ2n) is 15.7. The van der Waals surface area contributed by atoms with Gasteiger partial charge in [0.1, 0.15) is 5.75 Å². The fraction of sp³-hybridized carbons (Fsp3) is 0.333. The number of hydrogen-bond donors (Lipinski definition) is 3. The molecule has 2 amide bonds. The quantitative estimate of drug-likeness (QED) is 0.0411. The third-order valence-electron chi connectivity index (χ3n) is 11.4. The van der Waals surface area contributed by atoms with Crippen molar-refractivity contribution in [1.29, 1.82) is 0 Å². The Kier molecular flexibility index (Phi) is 12.2. The van der Waals surface area contributed by atoms with Crippen LogP contribution in [-0.2, 0) is 14.0 Å². The van der Waals surface area contributed by atoms with Gasteiger partial charge in [0, 0.05) is 23.6 Å². The van der Waals surface area contributed by atoms with Crippen molar-refractivity contribution in [3.05, 3.63) is 142 Å².